The number of aromatic hydroxyl groups is 1. The van der Waals surface area contributed by atoms with E-state index in [0.717, 1.165) is 30.3 Å². The SMILES string of the molecule is CC.CCCCCC=O.COCC(=O)NCc1cc(OC)c(O)cc1C. The van der Waals surface area contributed by atoms with E-state index in [4.69, 9.17) is 9.47 Å². The number of nitrogens with one attached hydrogen (secondary N) is 1. The molecule has 0 radical (unpaired) electrons. The van der Waals surface area contributed by atoms with Gasteiger partial charge in [0.05, 0.1) is 7.11 Å². The van der Waals surface area contributed by atoms with E-state index in [0.29, 0.717) is 12.3 Å². The van der Waals surface area contributed by atoms with E-state index in [1.165, 1.54) is 27.1 Å². The number of unbranched alkanes of at least 4 members (excludes halogenated alkanes) is 3. The van der Waals surface area contributed by atoms with Gasteiger partial charge in [0, 0.05) is 20.1 Å². The highest BCUT2D eigenvalue weighted by Crippen LogP contribution is 2.28. The normalized spacial score (nSPS) is 9.15. The van der Waals surface area contributed by atoms with Gasteiger partial charge in [-0.25, -0.2) is 0 Å². The topological polar surface area (TPSA) is 84.9 Å². The second-order valence-corrected chi connectivity index (χ2v) is 5.32. The minimum Gasteiger partial charge on any atom is -0.504 e. The number of phenolic OH excluding ortho intramolecular Hbond substituents is 1. The Bertz CT molecular complexity index is 503. The fourth-order valence-corrected chi connectivity index (χ4v) is 1.92. The van der Waals surface area contributed by atoms with Crippen LogP contribution in [-0.4, -0.2) is 38.1 Å². The molecule has 0 aliphatic rings. The van der Waals surface area contributed by atoms with Crippen LogP contribution in [0.5, 0.6) is 11.5 Å². The number of amides is 1. The lowest BCUT2D eigenvalue weighted by molar-refractivity contribution is -0.124. The Labute approximate surface area is 157 Å². The van der Waals surface area contributed by atoms with Gasteiger partial charge in [-0.2, -0.15) is 0 Å². The first-order chi connectivity index (χ1) is 12.5. The number of hydrogen-bond donors (Lipinski definition) is 2. The van der Waals surface area contributed by atoms with Crippen LogP contribution in [-0.2, 0) is 20.9 Å². The quantitative estimate of drug-likeness (QED) is 0.511. The maximum absolute atomic E-state index is 11.2. The average Bonchev–Trinajstić information content (AvgIpc) is 2.64. The van der Waals surface area contributed by atoms with Crippen molar-refractivity contribution in [3.8, 4) is 11.5 Å². The molecule has 1 aromatic carbocycles. The lowest BCUT2D eigenvalue weighted by Gasteiger charge is -2.11. The van der Waals surface area contributed by atoms with Crippen LogP contribution in [0.3, 0.4) is 0 Å². The van der Waals surface area contributed by atoms with Crippen molar-refractivity contribution in [2.75, 3.05) is 20.8 Å². The number of aldehydes is 1. The van der Waals surface area contributed by atoms with Crippen LogP contribution in [0.1, 0.15) is 57.6 Å². The van der Waals surface area contributed by atoms with Crippen molar-refractivity contribution >= 4 is 12.2 Å². The van der Waals surface area contributed by atoms with E-state index in [9.17, 15) is 14.7 Å². The molecule has 0 atom stereocenters. The van der Waals surface area contributed by atoms with Crippen LogP contribution < -0.4 is 10.1 Å². The van der Waals surface area contributed by atoms with Gasteiger partial charge in [-0.3, -0.25) is 4.79 Å². The first-order valence-electron chi connectivity index (χ1n) is 9.05. The summed E-state index contributed by atoms with van der Waals surface area (Å²) in [7, 11) is 2.95. The van der Waals surface area contributed by atoms with Gasteiger partial charge >= 0.3 is 0 Å². The lowest BCUT2D eigenvalue weighted by atomic mass is 10.1. The predicted molar refractivity (Wildman–Crippen MR) is 105 cm³/mol. The Balaban J connectivity index is 0. The Hall–Kier alpha value is -2.08. The molecule has 1 amide bonds. The van der Waals surface area contributed by atoms with E-state index in [1.54, 1.807) is 12.1 Å². The van der Waals surface area contributed by atoms with Crippen molar-refractivity contribution in [1.29, 1.82) is 0 Å². The van der Waals surface area contributed by atoms with Crippen LogP contribution in [0.15, 0.2) is 12.1 Å². The third kappa shape index (κ3) is 12.3. The average molecular weight is 370 g/mol. The molecule has 0 aliphatic heterocycles. The molecule has 26 heavy (non-hydrogen) atoms. The summed E-state index contributed by atoms with van der Waals surface area (Å²) in [6, 6.07) is 3.31. The number of hydrogen-bond acceptors (Lipinski definition) is 5. The Morgan fingerprint density at radius 3 is 2.38 bits per heavy atom. The highest BCUT2D eigenvalue weighted by Gasteiger charge is 2.08. The number of carbonyl (C=O) groups is 2. The molecule has 2 N–H and O–H groups in total. The number of phenols is 1. The largest absolute Gasteiger partial charge is 0.504 e. The molecule has 0 saturated heterocycles. The zero-order valence-corrected chi connectivity index (χ0v) is 17.1. The molecule has 0 spiro atoms. The van der Waals surface area contributed by atoms with Crippen LogP contribution in [0, 0.1) is 6.92 Å². The summed E-state index contributed by atoms with van der Waals surface area (Å²) in [5.41, 5.74) is 1.78. The van der Waals surface area contributed by atoms with E-state index < -0.39 is 0 Å². The second-order valence-electron chi connectivity index (χ2n) is 5.32. The number of ether oxygens (including phenoxy) is 2. The lowest BCUT2D eigenvalue weighted by Crippen LogP contribution is -2.26. The third-order valence-corrected chi connectivity index (χ3v) is 3.31. The number of methoxy groups -OCH3 is 2. The second kappa shape index (κ2) is 17.7. The predicted octanol–water partition coefficient (Wildman–Crippen LogP) is 3.76. The van der Waals surface area contributed by atoms with Crippen molar-refractivity contribution in [1.82, 2.24) is 5.32 Å². The Morgan fingerprint density at radius 1 is 1.23 bits per heavy atom. The summed E-state index contributed by atoms with van der Waals surface area (Å²) >= 11 is 0. The summed E-state index contributed by atoms with van der Waals surface area (Å²) in [4.78, 5) is 20.9. The van der Waals surface area contributed by atoms with Gasteiger partial charge in [0.25, 0.3) is 0 Å². The molecule has 1 rings (SSSR count). The van der Waals surface area contributed by atoms with E-state index in [2.05, 4.69) is 12.2 Å². The molecule has 6 nitrogen and oxygen atoms in total. The first-order valence-corrected chi connectivity index (χ1v) is 9.05. The van der Waals surface area contributed by atoms with E-state index >= 15 is 0 Å². The Morgan fingerprint density at radius 2 is 1.88 bits per heavy atom. The van der Waals surface area contributed by atoms with Crippen LogP contribution in [0.25, 0.3) is 0 Å². The Kier molecular flexibility index (Phi) is 17.8. The first kappa shape index (κ1) is 26.2. The number of aryl methyl sites for hydroxylation is 1. The highest BCUT2D eigenvalue weighted by atomic mass is 16.5. The van der Waals surface area contributed by atoms with Gasteiger partial charge in [0.1, 0.15) is 12.9 Å². The van der Waals surface area contributed by atoms with Crippen molar-refractivity contribution in [2.24, 2.45) is 0 Å². The smallest absolute Gasteiger partial charge is 0.246 e. The van der Waals surface area contributed by atoms with Crippen molar-refractivity contribution in [2.45, 2.75) is 59.9 Å². The minimum absolute atomic E-state index is 0.0360. The molecule has 0 saturated carbocycles. The van der Waals surface area contributed by atoms with Gasteiger partial charge in [0.2, 0.25) is 5.91 Å². The summed E-state index contributed by atoms with van der Waals surface area (Å²) in [5, 5.41) is 12.3. The monoisotopic (exact) mass is 369 g/mol. The molecule has 0 unspecified atom stereocenters. The molecule has 0 fully saturated rings. The van der Waals surface area contributed by atoms with Crippen molar-refractivity contribution in [3.63, 3.8) is 0 Å². The number of benzene rings is 1. The summed E-state index contributed by atoms with van der Waals surface area (Å²) in [6.45, 7) is 8.40. The van der Waals surface area contributed by atoms with Gasteiger partial charge < -0.3 is 24.7 Å². The number of rotatable bonds is 9. The van der Waals surface area contributed by atoms with Gasteiger partial charge in [-0.15, -0.1) is 0 Å². The van der Waals surface area contributed by atoms with Gasteiger partial charge in [-0.05, 0) is 36.6 Å². The molecule has 150 valence electrons. The van der Waals surface area contributed by atoms with E-state index in [-0.39, 0.29) is 18.3 Å². The molecule has 6 heteroatoms. The van der Waals surface area contributed by atoms with Gasteiger partial charge in [0.15, 0.2) is 11.5 Å². The molecule has 1 aromatic rings. The minimum atomic E-state index is -0.182. The molecule has 0 bridgehead atoms. The van der Waals surface area contributed by atoms with Crippen LogP contribution in [0.2, 0.25) is 0 Å². The van der Waals surface area contributed by atoms with Crippen molar-refractivity contribution < 1.29 is 24.2 Å². The van der Waals surface area contributed by atoms with Crippen molar-refractivity contribution in [3.05, 3.63) is 23.3 Å². The molecular formula is C20H35NO5. The zero-order valence-electron chi connectivity index (χ0n) is 17.1. The van der Waals surface area contributed by atoms with Crippen LogP contribution >= 0.6 is 0 Å². The number of carbonyl (C=O) groups excluding carboxylic acids is 2. The maximum Gasteiger partial charge on any atom is 0.246 e. The van der Waals surface area contributed by atoms with Crippen LogP contribution in [0.4, 0.5) is 0 Å². The third-order valence-electron chi connectivity index (χ3n) is 3.31. The zero-order chi connectivity index (χ0) is 20.4. The summed E-state index contributed by atoms with van der Waals surface area (Å²) in [6.07, 6.45) is 5.19. The molecule has 0 aromatic heterocycles. The highest BCUT2D eigenvalue weighted by molar-refractivity contribution is 5.77. The fraction of sp³-hybridized carbons (Fsp3) is 0.600. The maximum atomic E-state index is 11.2. The summed E-state index contributed by atoms with van der Waals surface area (Å²) in [5.74, 6) is 0.308. The molecule has 0 heterocycles. The molecule has 0 aliphatic carbocycles. The van der Waals surface area contributed by atoms with Gasteiger partial charge in [-0.1, -0.05) is 33.6 Å². The van der Waals surface area contributed by atoms with E-state index in [1.807, 2.05) is 20.8 Å². The standard InChI is InChI=1S/C12H17NO4.C6H12O.C2H6/c1-8-4-10(14)11(17-3)5-9(8)6-13-12(15)7-16-2;1-2-3-4-5-6-7;1-2/h4-5,14H,6-7H2,1-3H3,(H,13,15);6H,2-5H2,1H3;1-2H3. The summed E-state index contributed by atoms with van der Waals surface area (Å²) < 4.78 is 9.72. The fourth-order valence-electron chi connectivity index (χ4n) is 1.92. The molecular weight excluding hydrogens is 334 g/mol.